The van der Waals surface area contributed by atoms with Crippen molar-refractivity contribution in [3.8, 4) is 11.9 Å². The van der Waals surface area contributed by atoms with Gasteiger partial charge in [-0.25, -0.2) is 0 Å². The first-order valence-corrected chi connectivity index (χ1v) is 8.30. The fourth-order valence-corrected chi connectivity index (χ4v) is 2.45. The van der Waals surface area contributed by atoms with E-state index in [-0.39, 0.29) is 0 Å². The predicted octanol–water partition coefficient (Wildman–Crippen LogP) is 2.05. The molecule has 24 heavy (non-hydrogen) atoms. The van der Waals surface area contributed by atoms with Crippen molar-refractivity contribution in [3.63, 3.8) is 0 Å². The highest BCUT2D eigenvalue weighted by molar-refractivity contribution is 5.37. The zero-order valence-electron chi connectivity index (χ0n) is 14.1. The fraction of sp³-hybridized carbons (Fsp3) is 0.444. The van der Waals surface area contributed by atoms with Crippen molar-refractivity contribution < 1.29 is 4.74 Å². The summed E-state index contributed by atoms with van der Waals surface area (Å²) in [6.07, 6.45) is 7.29. The van der Waals surface area contributed by atoms with Gasteiger partial charge in [0.05, 0.1) is 12.2 Å². The van der Waals surface area contributed by atoms with Crippen LogP contribution in [0.5, 0.6) is 5.88 Å². The molecule has 2 rings (SSSR count). The molecule has 1 atom stereocenters. The molecule has 1 fully saturated rings. The Hall–Kier alpha value is -2.52. The summed E-state index contributed by atoms with van der Waals surface area (Å²) < 4.78 is 5.66. The molecule has 0 aliphatic carbocycles. The van der Waals surface area contributed by atoms with Crippen LogP contribution in [-0.2, 0) is 0 Å². The lowest BCUT2D eigenvalue weighted by Gasteiger charge is -2.11. The van der Waals surface area contributed by atoms with E-state index in [1.54, 1.807) is 19.3 Å². The van der Waals surface area contributed by atoms with E-state index in [2.05, 4.69) is 27.0 Å². The summed E-state index contributed by atoms with van der Waals surface area (Å²) in [7, 11) is 1.77. The number of hydrogen-bond donors (Lipinski definition) is 3. The van der Waals surface area contributed by atoms with Gasteiger partial charge < -0.3 is 20.7 Å². The molecule has 1 saturated heterocycles. The third kappa shape index (κ3) is 6.31. The van der Waals surface area contributed by atoms with Crippen LogP contribution in [0.15, 0.2) is 42.1 Å². The zero-order valence-corrected chi connectivity index (χ0v) is 14.1. The van der Waals surface area contributed by atoms with Crippen molar-refractivity contribution in [1.29, 1.82) is 5.26 Å². The molecule has 1 aromatic rings. The van der Waals surface area contributed by atoms with Crippen molar-refractivity contribution in [1.82, 2.24) is 15.6 Å². The molecule has 0 unspecified atom stereocenters. The number of allylic oxidation sites excluding steroid dienone is 2. The van der Waals surface area contributed by atoms with Gasteiger partial charge >= 0.3 is 0 Å². The van der Waals surface area contributed by atoms with Gasteiger partial charge in [0.1, 0.15) is 11.9 Å². The maximum atomic E-state index is 8.89. The number of ether oxygens (including phenoxy) is 1. The van der Waals surface area contributed by atoms with Crippen molar-refractivity contribution in [3.05, 3.63) is 42.1 Å². The Bertz CT molecular complexity index is 600. The second-order valence-electron chi connectivity index (χ2n) is 5.64. The lowest BCUT2D eigenvalue weighted by atomic mass is 10.1. The molecule has 6 nitrogen and oxygen atoms in total. The summed E-state index contributed by atoms with van der Waals surface area (Å²) >= 11 is 0. The summed E-state index contributed by atoms with van der Waals surface area (Å²) in [5, 5.41) is 18.5. The second kappa shape index (κ2) is 10.3. The van der Waals surface area contributed by atoms with Gasteiger partial charge in [0.25, 0.3) is 0 Å². The molecule has 3 N–H and O–H groups in total. The van der Waals surface area contributed by atoms with Crippen LogP contribution in [0.1, 0.15) is 12.8 Å². The quantitative estimate of drug-likeness (QED) is 0.366. The monoisotopic (exact) mass is 327 g/mol. The largest absolute Gasteiger partial charge is 0.477 e. The highest BCUT2D eigenvalue weighted by atomic mass is 16.5. The molecule has 0 aromatic carbocycles. The van der Waals surface area contributed by atoms with Gasteiger partial charge in [-0.05, 0) is 44.0 Å². The van der Waals surface area contributed by atoms with Crippen LogP contribution in [0.4, 0.5) is 5.82 Å². The number of nitrogens with one attached hydrogen (secondary N) is 3. The average Bonchev–Trinajstić information content (AvgIpc) is 3.12. The summed E-state index contributed by atoms with van der Waals surface area (Å²) in [6, 6.07) is 7.85. The molecular formula is C18H25N5O. The second-order valence-corrected chi connectivity index (χ2v) is 5.64. The van der Waals surface area contributed by atoms with Crippen LogP contribution in [0, 0.1) is 17.2 Å². The number of rotatable bonds is 9. The maximum Gasteiger partial charge on any atom is 0.215 e. The molecule has 0 saturated carbocycles. The highest BCUT2D eigenvalue weighted by Crippen LogP contribution is 2.14. The summed E-state index contributed by atoms with van der Waals surface area (Å²) in [6.45, 7) is 3.63. The van der Waals surface area contributed by atoms with Gasteiger partial charge in [-0.15, -0.1) is 0 Å². The van der Waals surface area contributed by atoms with Crippen molar-refractivity contribution in [2.75, 3.05) is 38.6 Å². The molecular weight excluding hydrogens is 302 g/mol. The van der Waals surface area contributed by atoms with Gasteiger partial charge in [0.15, 0.2) is 0 Å². The minimum atomic E-state index is 0.526. The zero-order chi connectivity index (χ0) is 17.0. The van der Waals surface area contributed by atoms with E-state index in [0.29, 0.717) is 24.0 Å². The molecule has 1 aliphatic rings. The van der Waals surface area contributed by atoms with E-state index in [1.165, 1.54) is 6.42 Å². The molecule has 128 valence electrons. The van der Waals surface area contributed by atoms with Gasteiger partial charge in [-0.2, -0.15) is 10.2 Å². The van der Waals surface area contributed by atoms with Gasteiger partial charge in [-0.3, -0.25) is 0 Å². The lowest BCUT2D eigenvalue weighted by molar-refractivity contribution is 0.313. The number of hydrogen-bond acceptors (Lipinski definition) is 6. The SMILES string of the molecule is CN/C=C(C#N)\C=C/CCOc1cccc(NC[C@@H]2CCNC2)n1. The number of nitrogens with zero attached hydrogens (tertiary/aromatic N) is 2. The van der Waals surface area contributed by atoms with Crippen LogP contribution in [0.3, 0.4) is 0 Å². The van der Waals surface area contributed by atoms with E-state index in [0.717, 1.165) is 31.9 Å². The first kappa shape index (κ1) is 17.8. The molecule has 0 amide bonds. The molecule has 1 aliphatic heterocycles. The van der Waals surface area contributed by atoms with Gasteiger partial charge in [0.2, 0.25) is 5.88 Å². The lowest BCUT2D eigenvalue weighted by Crippen LogP contribution is -2.17. The van der Waals surface area contributed by atoms with Crippen molar-refractivity contribution >= 4 is 5.82 Å². The first-order valence-electron chi connectivity index (χ1n) is 8.30. The molecule has 2 heterocycles. The summed E-state index contributed by atoms with van der Waals surface area (Å²) in [5.74, 6) is 2.13. The van der Waals surface area contributed by atoms with Crippen LogP contribution >= 0.6 is 0 Å². The van der Waals surface area contributed by atoms with Crippen LogP contribution in [-0.4, -0.2) is 38.3 Å². The Morgan fingerprint density at radius 1 is 1.54 bits per heavy atom. The maximum absolute atomic E-state index is 8.89. The van der Waals surface area contributed by atoms with Crippen LogP contribution in [0.25, 0.3) is 0 Å². The first-order chi connectivity index (χ1) is 11.8. The predicted molar refractivity (Wildman–Crippen MR) is 95.7 cm³/mol. The van der Waals surface area contributed by atoms with E-state index in [1.807, 2.05) is 24.3 Å². The Morgan fingerprint density at radius 2 is 2.46 bits per heavy atom. The summed E-state index contributed by atoms with van der Waals surface area (Å²) in [5.41, 5.74) is 0.586. The van der Waals surface area contributed by atoms with Gasteiger partial charge in [-0.1, -0.05) is 12.1 Å². The summed E-state index contributed by atoms with van der Waals surface area (Å²) in [4.78, 5) is 4.46. The molecule has 0 radical (unpaired) electrons. The highest BCUT2D eigenvalue weighted by Gasteiger charge is 2.13. The Morgan fingerprint density at radius 3 is 3.21 bits per heavy atom. The van der Waals surface area contributed by atoms with Crippen LogP contribution in [0.2, 0.25) is 0 Å². The fourth-order valence-electron chi connectivity index (χ4n) is 2.45. The van der Waals surface area contributed by atoms with Crippen molar-refractivity contribution in [2.24, 2.45) is 5.92 Å². The van der Waals surface area contributed by atoms with E-state index >= 15 is 0 Å². The number of pyridine rings is 1. The molecule has 0 bridgehead atoms. The average molecular weight is 327 g/mol. The topological polar surface area (TPSA) is 82.0 Å². The molecule has 6 heteroatoms. The van der Waals surface area contributed by atoms with Crippen molar-refractivity contribution in [2.45, 2.75) is 12.8 Å². The Kier molecular flexibility index (Phi) is 7.64. The normalized spacial score (nSPS) is 17.7. The third-order valence-corrected chi connectivity index (χ3v) is 3.72. The Balaban J connectivity index is 1.72. The van der Waals surface area contributed by atoms with E-state index < -0.39 is 0 Å². The number of aromatic nitrogens is 1. The minimum Gasteiger partial charge on any atom is -0.477 e. The standard InChI is InChI=1S/C18H25N5O/c1-20-12-15(11-19)5-2-3-10-24-18-7-4-6-17(23-18)22-14-16-8-9-21-13-16/h2,4-7,12,16,20-21H,3,8-10,13-14H2,1H3,(H,22,23)/b5-2-,15-12+/t16-/m1/s1. The Labute approximate surface area is 143 Å². The van der Waals surface area contributed by atoms with Gasteiger partial charge in [0, 0.05) is 25.9 Å². The number of nitriles is 1. The minimum absolute atomic E-state index is 0.526. The molecule has 0 spiro atoms. The molecule has 1 aromatic heterocycles. The third-order valence-electron chi connectivity index (χ3n) is 3.72. The van der Waals surface area contributed by atoms with E-state index in [4.69, 9.17) is 10.00 Å². The van der Waals surface area contributed by atoms with E-state index in [9.17, 15) is 0 Å². The number of anilines is 1. The smallest absolute Gasteiger partial charge is 0.215 e. The van der Waals surface area contributed by atoms with Crippen LogP contribution < -0.4 is 20.7 Å².